The lowest BCUT2D eigenvalue weighted by Crippen LogP contribution is -2.20. The number of imidazole rings is 1. The molecule has 0 aromatic carbocycles. The smallest absolute Gasteiger partial charge is 0.227 e. The van der Waals surface area contributed by atoms with Gasteiger partial charge in [0, 0.05) is 12.1 Å². The first-order valence-corrected chi connectivity index (χ1v) is 6.97. The van der Waals surface area contributed by atoms with Crippen molar-refractivity contribution in [2.24, 2.45) is 5.92 Å². The van der Waals surface area contributed by atoms with E-state index in [1.54, 1.807) is 6.20 Å². The normalized spacial score (nSPS) is 16.3. The summed E-state index contributed by atoms with van der Waals surface area (Å²) < 4.78 is 2.79. The van der Waals surface area contributed by atoms with E-state index < -0.39 is 0 Å². The van der Waals surface area contributed by atoms with E-state index in [4.69, 9.17) is 0 Å². The van der Waals surface area contributed by atoms with Crippen molar-refractivity contribution in [2.75, 3.05) is 5.32 Å². The molecule has 1 saturated carbocycles. The maximum absolute atomic E-state index is 12.0. The first-order valence-electron chi connectivity index (χ1n) is 6.17. The van der Waals surface area contributed by atoms with Gasteiger partial charge in [0.2, 0.25) is 5.91 Å². The summed E-state index contributed by atoms with van der Waals surface area (Å²) in [7, 11) is 0. The fourth-order valence-electron chi connectivity index (χ4n) is 2.46. The van der Waals surface area contributed by atoms with E-state index in [1.165, 1.54) is 12.8 Å². The van der Waals surface area contributed by atoms with Crippen LogP contribution >= 0.6 is 15.9 Å². The van der Waals surface area contributed by atoms with E-state index in [2.05, 4.69) is 26.2 Å². The Bertz CT molecular complexity index is 587. The Kier molecular flexibility index (Phi) is 3.07. The van der Waals surface area contributed by atoms with Gasteiger partial charge in [-0.2, -0.15) is 0 Å². The number of halogens is 1. The number of aromatic nitrogens is 2. The molecule has 1 fully saturated rings. The summed E-state index contributed by atoms with van der Waals surface area (Å²) in [5.74, 6) is 0.329. The van der Waals surface area contributed by atoms with Gasteiger partial charge < -0.3 is 5.32 Å². The van der Waals surface area contributed by atoms with Gasteiger partial charge in [0.1, 0.15) is 10.3 Å². The number of carbonyl (C=O) groups excluding carboxylic acids is 1. The highest BCUT2D eigenvalue weighted by atomic mass is 79.9. The second kappa shape index (κ2) is 4.72. The van der Waals surface area contributed by atoms with Crippen molar-refractivity contribution >= 4 is 33.2 Å². The molecule has 1 aliphatic carbocycles. The van der Waals surface area contributed by atoms with Gasteiger partial charge in [-0.3, -0.25) is 9.20 Å². The molecule has 0 saturated heterocycles. The number of nitrogens with zero attached hydrogens (tertiary/aromatic N) is 2. The maximum Gasteiger partial charge on any atom is 0.227 e. The lowest BCUT2D eigenvalue weighted by Gasteiger charge is -2.10. The molecule has 1 N–H and O–H groups in total. The van der Waals surface area contributed by atoms with E-state index in [0.29, 0.717) is 0 Å². The third-order valence-electron chi connectivity index (χ3n) is 3.45. The Hall–Kier alpha value is -1.36. The van der Waals surface area contributed by atoms with E-state index in [1.807, 2.05) is 22.7 Å². The fraction of sp³-hybridized carbons (Fsp3) is 0.385. The van der Waals surface area contributed by atoms with Crippen molar-refractivity contribution < 1.29 is 4.79 Å². The summed E-state index contributed by atoms with van der Waals surface area (Å²) in [5.41, 5.74) is 1.68. The summed E-state index contributed by atoms with van der Waals surface area (Å²) in [6.45, 7) is 0. The first-order chi connectivity index (χ1) is 8.74. The number of carbonyl (C=O) groups is 1. The molecule has 2 aromatic heterocycles. The van der Waals surface area contributed by atoms with Crippen LogP contribution in [0.15, 0.2) is 29.1 Å². The highest BCUT2D eigenvalue weighted by molar-refractivity contribution is 9.10. The number of amides is 1. The predicted molar refractivity (Wildman–Crippen MR) is 73.5 cm³/mol. The van der Waals surface area contributed by atoms with Crippen molar-refractivity contribution in [1.82, 2.24) is 9.38 Å². The maximum atomic E-state index is 12.0. The zero-order valence-corrected chi connectivity index (χ0v) is 11.5. The van der Waals surface area contributed by atoms with Crippen LogP contribution in [0.1, 0.15) is 25.7 Å². The van der Waals surface area contributed by atoms with Crippen LogP contribution in [0.2, 0.25) is 0 Å². The standard InChI is InChI=1S/C13H14BrN3O/c14-11-7-15-12-6-5-10(8-17(11)12)16-13(18)9-3-1-2-4-9/h5-9H,1-4H2,(H,16,18). The second-order valence-corrected chi connectivity index (χ2v) is 5.51. The number of nitrogens with one attached hydrogen (secondary N) is 1. The largest absolute Gasteiger partial charge is 0.325 e. The molecule has 18 heavy (non-hydrogen) atoms. The van der Waals surface area contributed by atoms with Gasteiger partial charge in [-0.05, 0) is 40.9 Å². The van der Waals surface area contributed by atoms with E-state index in [9.17, 15) is 4.79 Å². The lowest BCUT2D eigenvalue weighted by atomic mass is 10.1. The molecule has 4 nitrogen and oxygen atoms in total. The van der Waals surface area contributed by atoms with Crippen LogP contribution in [0.4, 0.5) is 5.69 Å². The molecule has 2 heterocycles. The van der Waals surface area contributed by atoms with Crippen molar-refractivity contribution in [1.29, 1.82) is 0 Å². The molecular formula is C13H14BrN3O. The minimum absolute atomic E-state index is 0.142. The second-order valence-electron chi connectivity index (χ2n) is 4.70. The average molecular weight is 308 g/mol. The zero-order valence-electron chi connectivity index (χ0n) is 9.90. The van der Waals surface area contributed by atoms with Crippen LogP contribution in [0, 0.1) is 5.92 Å². The zero-order chi connectivity index (χ0) is 12.5. The van der Waals surface area contributed by atoms with Gasteiger partial charge in [-0.1, -0.05) is 12.8 Å². The van der Waals surface area contributed by atoms with E-state index in [-0.39, 0.29) is 11.8 Å². The molecule has 2 aromatic rings. The minimum atomic E-state index is 0.142. The van der Waals surface area contributed by atoms with Crippen LogP contribution in [-0.4, -0.2) is 15.3 Å². The van der Waals surface area contributed by atoms with Crippen molar-refractivity contribution in [3.8, 4) is 0 Å². The number of hydrogen-bond acceptors (Lipinski definition) is 2. The summed E-state index contributed by atoms with van der Waals surface area (Å²) in [5, 5.41) is 2.98. The molecule has 0 unspecified atom stereocenters. The highest BCUT2D eigenvalue weighted by Gasteiger charge is 2.22. The third kappa shape index (κ3) is 2.14. The van der Waals surface area contributed by atoms with Gasteiger partial charge in [0.25, 0.3) is 0 Å². The Balaban J connectivity index is 1.81. The fourth-order valence-corrected chi connectivity index (χ4v) is 2.84. The number of anilines is 1. The lowest BCUT2D eigenvalue weighted by molar-refractivity contribution is -0.119. The molecule has 1 aliphatic rings. The van der Waals surface area contributed by atoms with Crippen molar-refractivity contribution in [2.45, 2.75) is 25.7 Å². The number of fused-ring (bicyclic) bond motifs is 1. The van der Waals surface area contributed by atoms with Gasteiger partial charge >= 0.3 is 0 Å². The summed E-state index contributed by atoms with van der Waals surface area (Å²) in [6, 6.07) is 3.79. The molecule has 0 spiro atoms. The minimum Gasteiger partial charge on any atom is -0.325 e. The van der Waals surface area contributed by atoms with E-state index in [0.717, 1.165) is 28.8 Å². The monoisotopic (exact) mass is 307 g/mol. The molecule has 0 atom stereocenters. The van der Waals surface area contributed by atoms with Crippen molar-refractivity contribution in [3.05, 3.63) is 29.1 Å². The quantitative estimate of drug-likeness (QED) is 0.926. The van der Waals surface area contributed by atoms with Gasteiger partial charge in [-0.15, -0.1) is 0 Å². The predicted octanol–water partition coefficient (Wildman–Crippen LogP) is 3.23. The Morgan fingerprint density at radius 2 is 2.17 bits per heavy atom. The SMILES string of the molecule is O=C(Nc1ccc2ncc(Br)n2c1)C1CCCC1. The Morgan fingerprint density at radius 1 is 1.39 bits per heavy atom. The first kappa shape index (κ1) is 11.7. The van der Waals surface area contributed by atoms with Gasteiger partial charge in [0.15, 0.2) is 0 Å². The van der Waals surface area contributed by atoms with Crippen LogP contribution in [-0.2, 0) is 4.79 Å². The molecule has 0 aliphatic heterocycles. The Morgan fingerprint density at radius 3 is 2.94 bits per heavy atom. The number of rotatable bonds is 2. The van der Waals surface area contributed by atoms with Crippen LogP contribution < -0.4 is 5.32 Å². The Labute approximate surface area is 114 Å². The third-order valence-corrected chi connectivity index (χ3v) is 4.04. The molecule has 3 rings (SSSR count). The van der Waals surface area contributed by atoms with Crippen LogP contribution in [0.25, 0.3) is 5.65 Å². The molecule has 0 bridgehead atoms. The number of hydrogen-bond donors (Lipinski definition) is 1. The molecule has 94 valence electrons. The van der Waals surface area contributed by atoms with Crippen molar-refractivity contribution in [3.63, 3.8) is 0 Å². The van der Waals surface area contributed by atoms with Crippen LogP contribution in [0.5, 0.6) is 0 Å². The van der Waals surface area contributed by atoms with E-state index >= 15 is 0 Å². The summed E-state index contributed by atoms with van der Waals surface area (Å²) in [4.78, 5) is 16.2. The molecule has 5 heteroatoms. The summed E-state index contributed by atoms with van der Waals surface area (Å²) in [6.07, 6.45) is 8.01. The van der Waals surface area contributed by atoms with Gasteiger partial charge in [0.05, 0.1) is 11.9 Å². The highest BCUT2D eigenvalue weighted by Crippen LogP contribution is 2.26. The molecule has 1 amide bonds. The molecule has 0 radical (unpaired) electrons. The topological polar surface area (TPSA) is 46.4 Å². The molecular weight excluding hydrogens is 294 g/mol. The summed E-state index contributed by atoms with van der Waals surface area (Å²) >= 11 is 3.42. The number of pyridine rings is 1. The van der Waals surface area contributed by atoms with Gasteiger partial charge in [-0.25, -0.2) is 4.98 Å². The van der Waals surface area contributed by atoms with Crippen LogP contribution in [0.3, 0.4) is 0 Å². The average Bonchev–Trinajstić information content (AvgIpc) is 3.00.